The molecule has 2 N–H and O–H groups in total. The number of nitrogens with zero attached hydrogens (tertiary/aromatic N) is 2. The molecule has 0 bridgehead atoms. The number of aryl methyl sites for hydroxylation is 2. The Morgan fingerprint density at radius 1 is 1.21 bits per heavy atom. The van der Waals surface area contributed by atoms with Gasteiger partial charge in [-0.2, -0.15) is 0 Å². The molecule has 0 unspecified atom stereocenters. The van der Waals surface area contributed by atoms with Crippen molar-refractivity contribution in [1.82, 2.24) is 15.0 Å². The average Bonchev–Trinajstić information content (AvgIpc) is 3.05. The Kier molecular flexibility index (Phi) is 4.71. The zero-order valence-corrected chi connectivity index (χ0v) is 16.7. The van der Waals surface area contributed by atoms with Gasteiger partial charge in [0.2, 0.25) is 0 Å². The van der Waals surface area contributed by atoms with Crippen molar-refractivity contribution in [3.63, 3.8) is 0 Å². The van der Waals surface area contributed by atoms with Crippen LogP contribution in [0.5, 0.6) is 0 Å². The summed E-state index contributed by atoms with van der Waals surface area (Å²) in [6.45, 7) is 7.89. The first-order chi connectivity index (χ1) is 13.5. The van der Waals surface area contributed by atoms with Crippen molar-refractivity contribution >= 4 is 38.8 Å². The maximum absolute atomic E-state index is 12.6. The zero-order valence-electron chi connectivity index (χ0n) is 16.7. The van der Waals surface area contributed by atoms with Crippen molar-refractivity contribution in [2.24, 2.45) is 0 Å². The number of fused-ring (bicyclic) bond motifs is 5. The van der Waals surface area contributed by atoms with Gasteiger partial charge >= 0.3 is 5.97 Å². The number of H-pyrrole nitrogens is 2. The van der Waals surface area contributed by atoms with Crippen LogP contribution in [0.3, 0.4) is 0 Å². The van der Waals surface area contributed by atoms with E-state index in [-0.39, 0.29) is 12.1 Å². The topological polar surface area (TPSA) is 82.0 Å². The highest BCUT2D eigenvalue weighted by atomic mass is 16.5. The molecule has 6 nitrogen and oxygen atoms in total. The first-order valence-electron chi connectivity index (χ1n) is 9.88. The van der Waals surface area contributed by atoms with Crippen molar-refractivity contribution in [3.8, 4) is 0 Å². The second-order valence-electron chi connectivity index (χ2n) is 7.34. The van der Waals surface area contributed by atoms with E-state index in [2.05, 4.69) is 16.9 Å². The van der Waals surface area contributed by atoms with Crippen LogP contribution in [0, 0.1) is 0 Å². The normalized spacial score (nSPS) is 11.8. The number of hydrogen-bond donors (Lipinski definition) is 1. The maximum atomic E-state index is 12.6. The van der Waals surface area contributed by atoms with Crippen molar-refractivity contribution < 1.29 is 14.5 Å². The summed E-state index contributed by atoms with van der Waals surface area (Å²) >= 11 is 0. The summed E-state index contributed by atoms with van der Waals surface area (Å²) in [4.78, 5) is 28.7. The number of esters is 1. The molecule has 4 aromatic rings. The Labute approximate surface area is 163 Å². The van der Waals surface area contributed by atoms with Gasteiger partial charge in [0, 0.05) is 28.2 Å². The van der Waals surface area contributed by atoms with E-state index >= 15 is 0 Å². The average molecular weight is 377 g/mol. The second kappa shape index (κ2) is 7.19. The molecule has 144 valence electrons. The predicted octanol–water partition coefficient (Wildman–Crippen LogP) is 4.16. The standard InChI is InChI=1S/C22H24N4O2/c1-5-7-13-10-23-21-16(25-13)9-8-15-19(21)18-14(6-2)20(22(27)28-12(3)4)24-11-17(18)26-15/h8-12,25H,5-7H2,1-4H3/p+1. The van der Waals surface area contributed by atoms with Crippen LogP contribution in [-0.2, 0) is 17.6 Å². The lowest BCUT2D eigenvalue weighted by Crippen LogP contribution is -2.24. The van der Waals surface area contributed by atoms with Crippen molar-refractivity contribution in [2.75, 3.05) is 0 Å². The predicted molar refractivity (Wildman–Crippen MR) is 109 cm³/mol. The van der Waals surface area contributed by atoms with Crippen molar-refractivity contribution in [2.45, 2.75) is 53.1 Å². The van der Waals surface area contributed by atoms with E-state index in [4.69, 9.17) is 14.7 Å². The Hall–Kier alpha value is -3.02. The van der Waals surface area contributed by atoms with Gasteiger partial charge in [-0.15, -0.1) is 0 Å². The molecule has 0 saturated carbocycles. The third-order valence-corrected chi connectivity index (χ3v) is 4.92. The Morgan fingerprint density at radius 3 is 2.75 bits per heavy atom. The summed E-state index contributed by atoms with van der Waals surface area (Å²) in [7, 11) is 0. The number of rotatable bonds is 5. The van der Waals surface area contributed by atoms with Crippen LogP contribution in [0.2, 0.25) is 0 Å². The number of pyridine rings is 1. The number of aromatic nitrogens is 4. The Morgan fingerprint density at radius 2 is 2.04 bits per heavy atom. The van der Waals surface area contributed by atoms with Gasteiger partial charge in [-0.05, 0) is 38.8 Å². The first-order valence-corrected chi connectivity index (χ1v) is 9.88. The van der Waals surface area contributed by atoms with E-state index in [0.717, 1.165) is 56.9 Å². The Balaban J connectivity index is 2.03. The van der Waals surface area contributed by atoms with Crippen LogP contribution >= 0.6 is 0 Å². The number of carbonyl (C=O) groups is 1. The lowest BCUT2D eigenvalue weighted by Gasteiger charge is -2.08. The molecule has 0 spiro atoms. The summed E-state index contributed by atoms with van der Waals surface area (Å²) < 4.78 is 5.43. The maximum Gasteiger partial charge on any atom is 0.404 e. The summed E-state index contributed by atoms with van der Waals surface area (Å²) in [5.74, 6) is -0.340. The molecular weight excluding hydrogens is 352 g/mol. The molecule has 6 heteroatoms. The van der Waals surface area contributed by atoms with E-state index in [0.29, 0.717) is 12.1 Å². The SMILES string of the molecule is CCCc1cnc2c(ccc3nc4c[nH+]c(C(=O)OC(C)C)c(CC)c4c32)[nH]1. The minimum absolute atomic E-state index is 0.176. The van der Waals surface area contributed by atoms with Crippen LogP contribution in [0.25, 0.3) is 32.8 Å². The molecule has 3 aromatic heterocycles. The molecule has 3 heterocycles. The fourth-order valence-corrected chi connectivity index (χ4v) is 3.78. The highest BCUT2D eigenvalue weighted by Gasteiger charge is 2.26. The number of ether oxygens (including phenoxy) is 1. The van der Waals surface area contributed by atoms with Crippen LogP contribution in [0.15, 0.2) is 24.5 Å². The molecule has 1 aromatic carbocycles. The first kappa shape index (κ1) is 18.3. The third kappa shape index (κ3) is 2.99. The summed E-state index contributed by atoms with van der Waals surface area (Å²) in [5, 5.41) is 1.96. The van der Waals surface area contributed by atoms with Gasteiger partial charge in [-0.1, -0.05) is 20.3 Å². The zero-order chi connectivity index (χ0) is 19.8. The molecule has 0 saturated heterocycles. The third-order valence-electron chi connectivity index (χ3n) is 4.92. The lowest BCUT2D eigenvalue weighted by atomic mass is 10.0. The highest BCUT2D eigenvalue weighted by molar-refractivity contribution is 6.19. The smallest absolute Gasteiger partial charge is 0.404 e. The van der Waals surface area contributed by atoms with Gasteiger partial charge in [0.05, 0.1) is 22.7 Å². The number of hydrogen-bond acceptors (Lipinski definition) is 4. The number of benzene rings is 1. The molecule has 0 aliphatic rings. The van der Waals surface area contributed by atoms with Gasteiger partial charge in [-0.25, -0.2) is 14.8 Å². The molecule has 0 aliphatic carbocycles. The van der Waals surface area contributed by atoms with E-state index in [1.807, 2.05) is 39.1 Å². The fourth-order valence-electron chi connectivity index (χ4n) is 3.78. The van der Waals surface area contributed by atoms with Crippen LogP contribution in [-0.4, -0.2) is 27.0 Å². The molecule has 28 heavy (non-hydrogen) atoms. The lowest BCUT2D eigenvalue weighted by molar-refractivity contribution is -0.382. The number of nitrogens with one attached hydrogen (secondary N) is 2. The Bertz CT molecular complexity index is 1190. The molecule has 0 fully saturated rings. The molecule has 0 atom stereocenters. The minimum atomic E-state index is -0.340. The monoisotopic (exact) mass is 377 g/mol. The molecule has 0 aliphatic heterocycles. The van der Waals surface area contributed by atoms with Gasteiger partial charge < -0.3 is 9.72 Å². The molecule has 0 radical (unpaired) electrons. The van der Waals surface area contributed by atoms with Crippen molar-refractivity contribution in [1.29, 1.82) is 0 Å². The second-order valence-corrected chi connectivity index (χ2v) is 7.34. The van der Waals surface area contributed by atoms with Gasteiger partial charge in [0.15, 0.2) is 6.20 Å². The van der Waals surface area contributed by atoms with E-state index in [9.17, 15) is 4.79 Å². The molecule has 4 rings (SSSR count). The summed E-state index contributed by atoms with van der Waals surface area (Å²) in [6.07, 6.45) is 6.21. The van der Waals surface area contributed by atoms with E-state index < -0.39 is 0 Å². The van der Waals surface area contributed by atoms with Crippen LogP contribution < -0.4 is 4.98 Å². The van der Waals surface area contributed by atoms with Gasteiger partial charge in [0.1, 0.15) is 5.52 Å². The number of carbonyl (C=O) groups excluding carboxylic acids is 1. The van der Waals surface area contributed by atoms with Crippen LogP contribution in [0.1, 0.15) is 55.9 Å². The van der Waals surface area contributed by atoms with Crippen molar-refractivity contribution in [3.05, 3.63) is 41.5 Å². The highest BCUT2D eigenvalue weighted by Crippen LogP contribution is 2.33. The number of aromatic amines is 2. The van der Waals surface area contributed by atoms with E-state index in [1.54, 1.807) is 6.20 Å². The fraction of sp³-hybridized carbons (Fsp3) is 0.364. The van der Waals surface area contributed by atoms with Gasteiger partial charge in [0.25, 0.3) is 5.69 Å². The quantitative estimate of drug-likeness (QED) is 0.530. The summed E-state index contributed by atoms with van der Waals surface area (Å²) in [6, 6.07) is 4.04. The van der Waals surface area contributed by atoms with Gasteiger partial charge in [-0.3, -0.25) is 4.98 Å². The molecular formula is C22H25N4O2+. The largest absolute Gasteiger partial charge is 0.455 e. The van der Waals surface area contributed by atoms with Crippen LogP contribution in [0.4, 0.5) is 0 Å². The van der Waals surface area contributed by atoms with E-state index in [1.165, 1.54) is 0 Å². The molecule has 0 amide bonds. The summed E-state index contributed by atoms with van der Waals surface area (Å²) in [5.41, 5.74) is 6.09. The minimum Gasteiger partial charge on any atom is -0.455 e.